The lowest BCUT2D eigenvalue weighted by Gasteiger charge is -2.06. The molecule has 1 aliphatic rings. The predicted molar refractivity (Wildman–Crippen MR) is 80.7 cm³/mol. The second-order valence-electron chi connectivity index (χ2n) is 5.98. The molecule has 0 aromatic heterocycles. The fourth-order valence-electron chi connectivity index (χ4n) is 2.73. The largest absolute Gasteiger partial charge is 0.497 e. The molecule has 0 amide bonds. The van der Waals surface area contributed by atoms with Crippen LogP contribution in [-0.2, 0) is 14.3 Å². The molecule has 0 spiro atoms. The van der Waals surface area contributed by atoms with E-state index in [-0.39, 0.29) is 29.8 Å². The minimum absolute atomic E-state index is 0.00810. The highest BCUT2D eigenvalue weighted by Crippen LogP contribution is 2.58. The number of carbonyl (C=O) groups is 2. The highest BCUT2D eigenvalue weighted by molar-refractivity contribution is 5.89. The molecule has 1 saturated carbocycles. The fraction of sp³-hybridized carbons (Fsp3) is 0.529. The summed E-state index contributed by atoms with van der Waals surface area (Å²) in [5.74, 6) is -0.113. The molecule has 2 atom stereocenters. The standard InChI is InChI=1S/C17H22O5/c1-5-21-16(19)14-13(17(14,2)3)10-22-15(18)11-6-8-12(20-4)9-7-11/h6-9,13-14H,5,10H2,1-4H3/t13-,14-/m0/s1. The maximum Gasteiger partial charge on any atom is 0.338 e. The first-order valence-electron chi connectivity index (χ1n) is 7.39. The van der Waals surface area contributed by atoms with Crippen molar-refractivity contribution in [3.05, 3.63) is 29.8 Å². The Morgan fingerprint density at radius 2 is 1.77 bits per heavy atom. The molecule has 1 aliphatic carbocycles. The maximum absolute atomic E-state index is 12.0. The molecule has 0 N–H and O–H groups in total. The molecule has 0 bridgehead atoms. The number of hydrogen-bond donors (Lipinski definition) is 0. The van der Waals surface area contributed by atoms with E-state index in [1.54, 1.807) is 38.3 Å². The molecule has 1 aromatic rings. The topological polar surface area (TPSA) is 61.8 Å². The molecule has 120 valence electrons. The van der Waals surface area contributed by atoms with Crippen LogP contribution in [-0.4, -0.2) is 32.3 Å². The minimum Gasteiger partial charge on any atom is -0.497 e. The molecule has 1 aromatic carbocycles. The van der Waals surface area contributed by atoms with Crippen LogP contribution in [0.15, 0.2) is 24.3 Å². The Kier molecular flexibility index (Phi) is 4.74. The van der Waals surface area contributed by atoms with E-state index in [1.165, 1.54) is 0 Å². The maximum atomic E-state index is 12.0. The van der Waals surface area contributed by atoms with Crippen LogP contribution < -0.4 is 4.74 Å². The summed E-state index contributed by atoms with van der Waals surface area (Å²) in [6.07, 6.45) is 0. The number of rotatable bonds is 6. The van der Waals surface area contributed by atoms with Crippen LogP contribution in [0, 0.1) is 17.3 Å². The number of ether oxygens (including phenoxy) is 3. The summed E-state index contributed by atoms with van der Waals surface area (Å²) in [4.78, 5) is 23.9. The van der Waals surface area contributed by atoms with E-state index in [1.807, 2.05) is 13.8 Å². The minimum atomic E-state index is -0.395. The Bertz CT molecular complexity index is 547. The molecule has 0 unspecified atom stereocenters. The van der Waals surface area contributed by atoms with E-state index < -0.39 is 5.97 Å². The second kappa shape index (κ2) is 6.38. The van der Waals surface area contributed by atoms with Gasteiger partial charge in [-0.15, -0.1) is 0 Å². The molecule has 5 heteroatoms. The predicted octanol–water partition coefficient (Wildman–Crippen LogP) is 2.69. The summed E-state index contributed by atoms with van der Waals surface area (Å²) >= 11 is 0. The second-order valence-corrected chi connectivity index (χ2v) is 5.98. The Labute approximate surface area is 130 Å². The van der Waals surface area contributed by atoms with Crippen molar-refractivity contribution < 1.29 is 23.8 Å². The third-order valence-electron chi connectivity index (χ3n) is 4.31. The van der Waals surface area contributed by atoms with Gasteiger partial charge in [0, 0.05) is 5.92 Å². The Hall–Kier alpha value is -2.04. The van der Waals surface area contributed by atoms with Crippen LogP contribution in [0.25, 0.3) is 0 Å². The lowest BCUT2D eigenvalue weighted by atomic mass is 10.1. The monoisotopic (exact) mass is 306 g/mol. The summed E-state index contributed by atoms with van der Waals surface area (Å²) in [6.45, 7) is 6.35. The molecule has 0 heterocycles. The number of hydrogen-bond acceptors (Lipinski definition) is 5. The third-order valence-corrected chi connectivity index (χ3v) is 4.31. The number of benzene rings is 1. The van der Waals surface area contributed by atoms with E-state index in [9.17, 15) is 9.59 Å². The molecule has 22 heavy (non-hydrogen) atoms. The molecule has 5 nitrogen and oxygen atoms in total. The molecule has 2 rings (SSSR count). The van der Waals surface area contributed by atoms with E-state index in [2.05, 4.69) is 0 Å². The van der Waals surface area contributed by atoms with Gasteiger partial charge in [0.2, 0.25) is 0 Å². The van der Waals surface area contributed by atoms with Gasteiger partial charge in [-0.2, -0.15) is 0 Å². The molecule has 0 aliphatic heterocycles. The zero-order valence-corrected chi connectivity index (χ0v) is 13.4. The van der Waals surface area contributed by atoms with Gasteiger partial charge in [0.05, 0.1) is 31.8 Å². The zero-order chi connectivity index (χ0) is 16.3. The van der Waals surface area contributed by atoms with Gasteiger partial charge in [0.25, 0.3) is 0 Å². The average Bonchev–Trinajstić information content (AvgIpc) is 3.06. The van der Waals surface area contributed by atoms with Gasteiger partial charge in [0.15, 0.2) is 0 Å². The van der Waals surface area contributed by atoms with Crippen molar-refractivity contribution in [3.8, 4) is 5.75 Å². The van der Waals surface area contributed by atoms with E-state index >= 15 is 0 Å². The van der Waals surface area contributed by atoms with Crippen LogP contribution in [0.4, 0.5) is 0 Å². The SMILES string of the molecule is CCOC(=O)[C@@H]1[C@H](COC(=O)c2ccc(OC)cc2)C1(C)C. The van der Waals surface area contributed by atoms with Gasteiger partial charge < -0.3 is 14.2 Å². The first-order chi connectivity index (χ1) is 10.4. The Morgan fingerprint density at radius 1 is 1.14 bits per heavy atom. The lowest BCUT2D eigenvalue weighted by Crippen LogP contribution is -2.12. The van der Waals surface area contributed by atoms with Crippen LogP contribution in [0.3, 0.4) is 0 Å². The highest BCUT2D eigenvalue weighted by Gasteiger charge is 2.63. The summed E-state index contributed by atoms with van der Waals surface area (Å²) in [6, 6.07) is 6.72. The average molecular weight is 306 g/mol. The highest BCUT2D eigenvalue weighted by atomic mass is 16.5. The smallest absolute Gasteiger partial charge is 0.338 e. The van der Waals surface area contributed by atoms with Gasteiger partial charge in [-0.1, -0.05) is 13.8 Å². The molecular formula is C17H22O5. The zero-order valence-electron chi connectivity index (χ0n) is 13.4. The summed E-state index contributed by atoms with van der Waals surface area (Å²) in [5, 5.41) is 0. The van der Waals surface area contributed by atoms with Crippen molar-refractivity contribution in [2.45, 2.75) is 20.8 Å². The number of esters is 2. The van der Waals surface area contributed by atoms with Gasteiger partial charge >= 0.3 is 11.9 Å². The third kappa shape index (κ3) is 3.24. The summed E-state index contributed by atoms with van der Waals surface area (Å²) in [5.41, 5.74) is 0.277. The van der Waals surface area contributed by atoms with Crippen LogP contribution in [0.2, 0.25) is 0 Å². The molecule has 1 fully saturated rings. The van der Waals surface area contributed by atoms with Gasteiger partial charge in [-0.3, -0.25) is 4.79 Å². The lowest BCUT2D eigenvalue weighted by molar-refractivity contribution is -0.145. The van der Waals surface area contributed by atoms with Gasteiger partial charge in [-0.25, -0.2) is 4.79 Å². The Balaban J connectivity index is 1.90. The van der Waals surface area contributed by atoms with Gasteiger partial charge in [0.1, 0.15) is 5.75 Å². The van der Waals surface area contributed by atoms with Crippen molar-refractivity contribution in [2.75, 3.05) is 20.3 Å². The number of carbonyl (C=O) groups excluding carboxylic acids is 2. The molecular weight excluding hydrogens is 284 g/mol. The van der Waals surface area contributed by atoms with Crippen molar-refractivity contribution in [1.29, 1.82) is 0 Å². The van der Waals surface area contributed by atoms with Gasteiger partial charge in [-0.05, 0) is 36.6 Å². The molecule has 0 saturated heterocycles. The van der Waals surface area contributed by atoms with Crippen molar-refractivity contribution in [3.63, 3.8) is 0 Å². The summed E-state index contributed by atoms with van der Waals surface area (Å²) in [7, 11) is 1.57. The Morgan fingerprint density at radius 3 is 2.32 bits per heavy atom. The van der Waals surface area contributed by atoms with Crippen LogP contribution >= 0.6 is 0 Å². The van der Waals surface area contributed by atoms with Crippen molar-refractivity contribution >= 4 is 11.9 Å². The summed E-state index contributed by atoms with van der Waals surface area (Å²) < 4.78 is 15.4. The normalized spacial score (nSPS) is 21.8. The quantitative estimate of drug-likeness (QED) is 0.756. The van der Waals surface area contributed by atoms with Crippen LogP contribution in [0.5, 0.6) is 5.75 Å². The van der Waals surface area contributed by atoms with E-state index in [4.69, 9.17) is 14.2 Å². The first kappa shape index (κ1) is 16.3. The first-order valence-corrected chi connectivity index (χ1v) is 7.39. The van der Waals surface area contributed by atoms with Crippen LogP contribution in [0.1, 0.15) is 31.1 Å². The van der Waals surface area contributed by atoms with E-state index in [0.29, 0.717) is 17.9 Å². The van der Waals surface area contributed by atoms with Crippen molar-refractivity contribution in [2.24, 2.45) is 17.3 Å². The fourth-order valence-corrected chi connectivity index (χ4v) is 2.73. The molecule has 0 radical (unpaired) electrons. The van der Waals surface area contributed by atoms with E-state index in [0.717, 1.165) is 0 Å². The number of methoxy groups -OCH3 is 1. The van der Waals surface area contributed by atoms with Crippen molar-refractivity contribution in [1.82, 2.24) is 0 Å².